The van der Waals surface area contributed by atoms with Gasteiger partial charge in [0.15, 0.2) is 0 Å². The molecule has 0 saturated carbocycles. The fraction of sp³-hybridized carbons (Fsp3) is 0.316. The van der Waals surface area contributed by atoms with E-state index in [0.29, 0.717) is 19.5 Å². The molecular weight excluding hydrogens is 304 g/mol. The summed E-state index contributed by atoms with van der Waals surface area (Å²) < 4.78 is 5.88. The number of rotatable bonds is 6. The van der Waals surface area contributed by atoms with Crippen molar-refractivity contribution in [1.82, 2.24) is 4.90 Å². The molecule has 0 spiro atoms. The van der Waals surface area contributed by atoms with Crippen LogP contribution in [-0.2, 0) is 4.79 Å². The number of likely N-dealkylation sites (tertiary alicyclic amines) is 1. The number of carbonyl (C=O) groups is 1. The first-order chi connectivity index (χ1) is 11.7. The first-order valence-corrected chi connectivity index (χ1v) is 8.17. The van der Waals surface area contributed by atoms with Gasteiger partial charge in [0.25, 0.3) is 0 Å². The average Bonchev–Trinajstić information content (AvgIpc) is 3.07. The minimum atomic E-state index is -0.727. The highest BCUT2D eigenvalue weighted by Crippen LogP contribution is 2.30. The number of hydrogen-bond donors (Lipinski definition) is 2. The highest BCUT2D eigenvalue weighted by molar-refractivity contribution is 5.70. The molecule has 5 nitrogen and oxygen atoms in total. The van der Waals surface area contributed by atoms with Crippen LogP contribution < -0.4 is 10.5 Å². The van der Waals surface area contributed by atoms with Crippen LogP contribution in [-0.4, -0.2) is 35.6 Å². The molecule has 0 bridgehead atoms. The predicted octanol–water partition coefficient (Wildman–Crippen LogP) is 2.89. The zero-order valence-corrected chi connectivity index (χ0v) is 13.5. The Hall–Kier alpha value is -2.37. The van der Waals surface area contributed by atoms with Crippen molar-refractivity contribution in [1.29, 1.82) is 0 Å². The van der Waals surface area contributed by atoms with Gasteiger partial charge in [0, 0.05) is 19.1 Å². The maximum Gasteiger partial charge on any atom is 0.307 e. The zero-order chi connectivity index (χ0) is 16.9. The van der Waals surface area contributed by atoms with Crippen LogP contribution in [0.2, 0.25) is 0 Å². The van der Waals surface area contributed by atoms with E-state index in [0.717, 1.165) is 23.6 Å². The van der Waals surface area contributed by atoms with Crippen molar-refractivity contribution in [2.24, 2.45) is 11.7 Å². The summed E-state index contributed by atoms with van der Waals surface area (Å²) in [7, 11) is 0. The summed E-state index contributed by atoms with van der Waals surface area (Å²) in [6.07, 6.45) is 0.673. The summed E-state index contributed by atoms with van der Waals surface area (Å²) in [4.78, 5) is 13.3. The van der Waals surface area contributed by atoms with Crippen LogP contribution in [0.25, 0.3) is 0 Å². The van der Waals surface area contributed by atoms with Crippen LogP contribution >= 0.6 is 0 Å². The van der Waals surface area contributed by atoms with E-state index < -0.39 is 5.97 Å². The third kappa shape index (κ3) is 3.75. The molecule has 3 rings (SSSR count). The van der Waals surface area contributed by atoms with E-state index in [2.05, 4.69) is 4.90 Å². The molecule has 24 heavy (non-hydrogen) atoms. The van der Waals surface area contributed by atoms with Crippen molar-refractivity contribution in [3.05, 3.63) is 60.2 Å². The first-order valence-electron chi connectivity index (χ1n) is 8.17. The van der Waals surface area contributed by atoms with E-state index in [9.17, 15) is 9.90 Å². The first kappa shape index (κ1) is 16.5. The van der Waals surface area contributed by atoms with E-state index in [1.165, 1.54) is 0 Å². The lowest BCUT2D eigenvalue weighted by Gasteiger charge is -2.27. The second-order valence-corrected chi connectivity index (χ2v) is 6.06. The van der Waals surface area contributed by atoms with Crippen molar-refractivity contribution < 1.29 is 14.6 Å². The summed E-state index contributed by atoms with van der Waals surface area (Å²) >= 11 is 0. The fourth-order valence-electron chi connectivity index (χ4n) is 3.18. The Morgan fingerprint density at radius 2 is 1.96 bits per heavy atom. The quantitative estimate of drug-likeness (QED) is 0.853. The number of ether oxygens (including phenoxy) is 1. The lowest BCUT2D eigenvalue weighted by molar-refractivity contribution is -0.141. The molecule has 1 saturated heterocycles. The molecule has 126 valence electrons. The monoisotopic (exact) mass is 326 g/mol. The van der Waals surface area contributed by atoms with Crippen molar-refractivity contribution in [3.8, 4) is 11.5 Å². The van der Waals surface area contributed by atoms with E-state index in [-0.39, 0.29) is 12.0 Å². The maximum absolute atomic E-state index is 11.2. The summed E-state index contributed by atoms with van der Waals surface area (Å²) in [5.74, 6) is 0.509. The van der Waals surface area contributed by atoms with E-state index in [4.69, 9.17) is 10.5 Å². The Kier molecular flexibility index (Phi) is 5.13. The van der Waals surface area contributed by atoms with Crippen molar-refractivity contribution in [3.63, 3.8) is 0 Å². The highest BCUT2D eigenvalue weighted by Gasteiger charge is 2.32. The molecule has 2 aromatic rings. The Morgan fingerprint density at radius 1 is 1.21 bits per heavy atom. The third-order valence-electron chi connectivity index (χ3n) is 4.45. The van der Waals surface area contributed by atoms with Crippen LogP contribution in [0.1, 0.15) is 18.0 Å². The highest BCUT2D eigenvalue weighted by atomic mass is 16.5. The minimum Gasteiger partial charge on any atom is -0.481 e. The molecule has 0 aromatic heterocycles. The molecular formula is C19H22N2O3. The standard InChI is InChI=1S/C19H22N2O3/c20-12-18(21-10-9-15(13-21)19(22)23)14-5-4-8-17(11-14)24-16-6-2-1-3-7-16/h1-8,11,15,18H,9-10,12-13,20H2,(H,22,23)/t15-,18-/m1/s1. The molecule has 1 fully saturated rings. The fourth-order valence-corrected chi connectivity index (χ4v) is 3.18. The predicted molar refractivity (Wildman–Crippen MR) is 92.1 cm³/mol. The third-order valence-corrected chi connectivity index (χ3v) is 4.45. The van der Waals surface area contributed by atoms with Gasteiger partial charge < -0.3 is 15.6 Å². The number of para-hydroxylation sites is 1. The molecule has 3 N–H and O–H groups in total. The van der Waals surface area contributed by atoms with Crippen molar-refractivity contribution >= 4 is 5.97 Å². The summed E-state index contributed by atoms with van der Waals surface area (Å²) in [6.45, 7) is 1.74. The molecule has 1 aliphatic heterocycles. The van der Waals surface area contributed by atoms with Gasteiger partial charge in [0.2, 0.25) is 0 Å². The number of aliphatic carboxylic acids is 1. The number of benzene rings is 2. The number of nitrogens with two attached hydrogens (primary N) is 1. The van der Waals surface area contributed by atoms with E-state index in [1.54, 1.807) is 0 Å². The van der Waals surface area contributed by atoms with Gasteiger partial charge in [-0.05, 0) is 42.8 Å². The van der Waals surface area contributed by atoms with Crippen molar-refractivity contribution in [2.45, 2.75) is 12.5 Å². The van der Waals surface area contributed by atoms with Crippen LogP contribution in [0.15, 0.2) is 54.6 Å². The lowest BCUT2D eigenvalue weighted by atomic mass is 10.1. The number of hydrogen-bond acceptors (Lipinski definition) is 4. The molecule has 0 radical (unpaired) electrons. The Morgan fingerprint density at radius 3 is 2.62 bits per heavy atom. The normalized spacial score (nSPS) is 19.1. The minimum absolute atomic E-state index is 0.00803. The molecule has 1 heterocycles. The van der Waals surface area contributed by atoms with E-state index >= 15 is 0 Å². The molecule has 1 aliphatic rings. The second kappa shape index (κ2) is 7.47. The SMILES string of the molecule is NC[C@H](c1cccc(Oc2ccccc2)c1)N1CC[C@@H](C(=O)O)C1. The Labute approximate surface area is 141 Å². The largest absolute Gasteiger partial charge is 0.481 e. The Bertz CT molecular complexity index is 690. The smallest absolute Gasteiger partial charge is 0.307 e. The second-order valence-electron chi connectivity index (χ2n) is 6.06. The molecule has 2 aromatic carbocycles. The summed E-state index contributed by atoms with van der Waals surface area (Å²) in [5.41, 5.74) is 7.03. The zero-order valence-electron chi connectivity index (χ0n) is 13.5. The van der Waals surface area contributed by atoms with Crippen LogP contribution in [0, 0.1) is 5.92 Å². The molecule has 0 aliphatic carbocycles. The van der Waals surface area contributed by atoms with Gasteiger partial charge in [-0.25, -0.2) is 0 Å². The van der Waals surface area contributed by atoms with E-state index in [1.807, 2.05) is 54.6 Å². The molecule has 5 heteroatoms. The summed E-state index contributed by atoms with van der Waals surface area (Å²) in [6, 6.07) is 17.5. The topological polar surface area (TPSA) is 75.8 Å². The number of nitrogens with zero attached hydrogens (tertiary/aromatic N) is 1. The van der Waals surface area contributed by atoms with Gasteiger partial charge in [-0.3, -0.25) is 9.69 Å². The van der Waals surface area contributed by atoms with Gasteiger partial charge in [-0.1, -0.05) is 30.3 Å². The number of carboxylic acids is 1. The lowest BCUT2D eigenvalue weighted by Crippen LogP contribution is -2.32. The average molecular weight is 326 g/mol. The molecule has 0 amide bonds. The van der Waals surface area contributed by atoms with Gasteiger partial charge in [-0.2, -0.15) is 0 Å². The van der Waals surface area contributed by atoms with Crippen LogP contribution in [0.4, 0.5) is 0 Å². The summed E-state index contributed by atoms with van der Waals surface area (Å²) in [5, 5.41) is 9.19. The van der Waals surface area contributed by atoms with Gasteiger partial charge in [0.1, 0.15) is 11.5 Å². The van der Waals surface area contributed by atoms with Gasteiger partial charge >= 0.3 is 5.97 Å². The van der Waals surface area contributed by atoms with Crippen LogP contribution in [0.3, 0.4) is 0 Å². The van der Waals surface area contributed by atoms with Crippen LogP contribution in [0.5, 0.6) is 11.5 Å². The molecule has 2 atom stereocenters. The van der Waals surface area contributed by atoms with Gasteiger partial charge in [-0.15, -0.1) is 0 Å². The maximum atomic E-state index is 11.2. The van der Waals surface area contributed by atoms with Crippen molar-refractivity contribution in [2.75, 3.05) is 19.6 Å². The molecule has 0 unspecified atom stereocenters. The number of carboxylic acid groups (broad SMARTS) is 1. The van der Waals surface area contributed by atoms with Gasteiger partial charge in [0.05, 0.1) is 5.92 Å². The Balaban J connectivity index is 1.75.